The van der Waals surface area contributed by atoms with Gasteiger partial charge in [-0.15, -0.1) is 0 Å². The van der Waals surface area contributed by atoms with E-state index in [4.69, 9.17) is 0 Å². The zero-order valence-electron chi connectivity index (χ0n) is 8.80. The van der Waals surface area contributed by atoms with Crippen LogP contribution < -0.4 is 0 Å². The van der Waals surface area contributed by atoms with E-state index in [2.05, 4.69) is 30.4 Å². The van der Waals surface area contributed by atoms with Gasteiger partial charge in [0.05, 0.1) is 0 Å². The summed E-state index contributed by atoms with van der Waals surface area (Å²) < 4.78 is 0. The van der Waals surface area contributed by atoms with Crippen LogP contribution >= 0.6 is 0 Å². The molecule has 1 heteroatoms. The minimum absolute atomic E-state index is 0. The standard InChI is InChI=1S/C8H11.C6H5.Ru/c1-2-4-6-8-7-5-3-1;1-2-4-6-5-3-1;/h1-2,7H,3-6H2;1-5H;/q2*-1;+2. The Hall–Kier alpha value is -0.677. The van der Waals surface area contributed by atoms with Crippen molar-refractivity contribution in [2.75, 3.05) is 0 Å². The Labute approximate surface area is 106 Å². The number of rotatable bonds is 0. The van der Waals surface area contributed by atoms with Crippen molar-refractivity contribution in [1.82, 2.24) is 0 Å². The Morgan fingerprint density at radius 1 is 0.800 bits per heavy atom. The molecule has 0 bridgehead atoms. The van der Waals surface area contributed by atoms with Gasteiger partial charge in [-0.25, -0.2) is 0 Å². The predicted octanol–water partition coefficient (Wildman–Crippen LogP) is 3.96. The van der Waals surface area contributed by atoms with Gasteiger partial charge in [-0.3, -0.25) is 6.08 Å². The molecule has 80 valence electrons. The van der Waals surface area contributed by atoms with Gasteiger partial charge in [-0.1, -0.05) is 25.0 Å². The quantitative estimate of drug-likeness (QED) is 0.384. The van der Waals surface area contributed by atoms with Crippen molar-refractivity contribution in [3.63, 3.8) is 0 Å². The van der Waals surface area contributed by atoms with E-state index < -0.39 is 0 Å². The molecule has 0 saturated heterocycles. The molecule has 0 spiro atoms. The van der Waals surface area contributed by atoms with Crippen molar-refractivity contribution in [3.05, 3.63) is 60.7 Å². The molecule has 1 aromatic carbocycles. The number of hydrogen-bond acceptors (Lipinski definition) is 0. The van der Waals surface area contributed by atoms with Gasteiger partial charge < -0.3 is 6.08 Å². The molecule has 0 N–H and O–H groups in total. The van der Waals surface area contributed by atoms with Crippen LogP contribution in [0.3, 0.4) is 0 Å². The van der Waals surface area contributed by atoms with Crippen molar-refractivity contribution in [1.29, 1.82) is 0 Å². The molecule has 0 unspecified atom stereocenters. The van der Waals surface area contributed by atoms with Crippen LogP contribution in [0.1, 0.15) is 25.7 Å². The minimum Gasteiger partial charge on any atom is -0.500 e. The minimum atomic E-state index is 0. The van der Waals surface area contributed by atoms with Gasteiger partial charge in [-0.05, 0) is 6.42 Å². The van der Waals surface area contributed by atoms with Crippen molar-refractivity contribution < 1.29 is 19.5 Å². The molecule has 1 aliphatic rings. The number of benzene rings is 1. The molecule has 15 heavy (non-hydrogen) atoms. The Morgan fingerprint density at radius 2 is 1.53 bits per heavy atom. The van der Waals surface area contributed by atoms with Gasteiger partial charge >= 0.3 is 19.5 Å². The first-order chi connectivity index (χ1) is 7.00. The van der Waals surface area contributed by atoms with E-state index in [0.29, 0.717) is 0 Å². The van der Waals surface area contributed by atoms with Crippen molar-refractivity contribution in [2.24, 2.45) is 0 Å². The van der Waals surface area contributed by atoms with Crippen LogP contribution in [0, 0.1) is 12.1 Å². The third-order valence-electron chi connectivity index (χ3n) is 1.85. The molecule has 0 aliphatic heterocycles. The third kappa shape index (κ3) is 9.62. The maximum Gasteiger partial charge on any atom is 2.00 e. The SMILES string of the molecule is [C-]1=CCCC=CCC1.[Ru+2].[c-]1ccccc1. The molecular formula is C14H16Ru. The van der Waals surface area contributed by atoms with Crippen molar-refractivity contribution in [2.45, 2.75) is 25.7 Å². The van der Waals surface area contributed by atoms with Crippen LogP contribution in [0.5, 0.6) is 0 Å². The summed E-state index contributed by atoms with van der Waals surface area (Å²) in [5.74, 6) is 0. The van der Waals surface area contributed by atoms with Crippen molar-refractivity contribution >= 4 is 0 Å². The second-order valence-corrected chi connectivity index (χ2v) is 3.07. The second-order valence-electron chi connectivity index (χ2n) is 3.07. The average Bonchev–Trinajstić information content (AvgIpc) is 2.20. The van der Waals surface area contributed by atoms with E-state index in [1.165, 1.54) is 19.3 Å². The largest absolute Gasteiger partial charge is 2.00 e. The van der Waals surface area contributed by atoms with Crippen LogP contribution in [0.25, 0.3) is 0 Å². The molecule has 0 radical (unpaired) electrons. The van der Waals surface area contributed by atoms with Crippen LogP contribution in [-0.4, -0.2) is 0 Å². The molecule has 0 aromatic heterocycles. The van der Waals surface area contributed by atoms with Crippen LogP contribution in [0.4, 0.5) is 0 Å². The van der Waals surface area contributed by atoms with Crippen LogP contribution in [0.15, 0.2) is 48.6 Å². The van der Waals surface area contributed by atoms with E-state index in [1.807, 2.05) is 30.3 Å². The fraction of sp³-hybridized carbons (Fsp3) is 0.286. The average molecular weight is 285 g/mol. The normalized spacial score (nSPS) is 13.9. The summed E-state index contributed by atoms with van der Waals surface area (Å²) in [6.07, 6.45) is 14.5. The van der Waals surface area contributed by atoms with E-state index >= 15 is 0 Å². The maximum absolute atomic E-state index is 3.21. The molecule has 1 aromatic rings. The molecular weight excluding hydrogens is 269 g/mol. The van der Waals surface area contributed by atoms with Crippen LogP contribution in [-0.2, 0) is 19.5 Å². The summed E-state index contributed by atoms with van der Waals surface area (Å²) in [6.45, 7) is 0. The number of hydrogen-bond donors (Lipinski definition) is 0. The van der Waals surface area contributed by atoms with Gasteiger partial charge in [0.25, 0.3) is 0 Å². The van der Waals surface area contributed by atoms with Crippen molar-refractivity contribution in [3.8, 4) is 0 Å². The molecule has 2 rings (SSSR count). The summed E-state index contributed by atoms with van der Waals surface area (Å²) >= 11 is 0. The second kappa shape index (κ2) is 11.4. The number of allylic oxidation sites excluding steroid dienone is 4. The summed E-state index contributed by atoms with van der Waals surface area (Å²) in [7, 11) is 0. The Kier molecular flexibility index (Phi) is 10.9. The van der Waals surface area contributed by atoms with E-state index in [0.717, 1.165) is 6.42 Å². The Balaban J connectivity index is 0.000000253. The predicted molar refractivity (Wildman–Crippen MR) is 60.7 cm³/mol. The first kappa shape index (κ1) is 14.3. The van der Waals surface area contributed by atoms with E-state index in [9.17, 15) is 0 Å². The Bertz CT molecular complexity index is 209. The fourth-order valence-corrected chi connectivity index (χ4v) is 1.13. The van der Waals surface area contributed by atoms with Gasteiger partial charge in [-0.2, -0.15) is 42.8 Å². The molecule has 0 nitrogen and oxygen atoms in total. The summed E-state index contributed by atoms with van der Waals surface area (Å²) in [6, 6.07) is 12.5. The molecule has 1 aliphatic carbocycles. The first-order valence-electron chi connectivity index (χ1n) is 5.11. The Morgan fingerprint density at radius 3 is 2.13 bits per heavy atom. The molecule has 0 saturated carbocycles. The third-order valence-corrected chi connectivity index (χ3v) is 1.85. The molecule has 0 fully saturated rings. The maximum atomic E-state index is 3.21. The van der Waals surface area contributed by atoms with Gasteiger partial charge in [0.15, 0.2) is 0 Å². The van der Waals surface area contributed by atoms with Gasteiger partial charge in [0.2, 0.25) is 0 Å². The summed E-state index contributed by atoms with van der Waals surface area (Å²) in [5.41, 5.74) is 0. The van der Waals surface area contributed by atoms with E-state index in [1.54, 1.807) is 0 Å². The summed E-state index contributed by atoms with van der Waals surface area (Å²) in [5, 5.41) is 0. The molecule has 0 atom stereocenters. The zero-order valence-corrected chi connectivity index (χ0v) is 10.5. The van der Waals surface area contributed by atoms with E-state index in [-0.39, 0.29) is 19.5 Å². The fourth-order valence-electron chi connectivity index (χ4n) is 1.13. The van der Waals surface area contributed by atoms with Gasteiger partial charge in [0, 0.05) is 0 Å². The zero-order chi connectivity index (χ0) is 9.90. The monoisotopic (exact) mass is 286 g/mol. The first-order valence-corrected chi connectivity index (χ1v) is 5.11. The smallest absolute Gasteiger partial charge is 0.500 e. The topological polar surface area (TPSA) is 0 Å². The summed E-state index contributed by atoms with van der Waals surface area (Å²) in [4.78, 5) is 0. The van der Waals surface area contributed by atoms with Crippen LogP contribution in [0.2, 0.25) is 0 Å². The van der Waals surface area contributed by atoms with Gasteiger partial charge in [0.1, 0.15) is 0 Å². The molecule has 0 heterocycles. The molecule has 0 amide bonds.